The van der Waals surface area contributed by atoms with Gasteiger partial charge in [0, 0.05) is 19.0 Å². The van der Waals surface area contributed by atoms with Gasteiger partial charge in [-0.3, -0.25) is 19.2 Å². The van der Waals surface area contributed by atoms with Crippen LogP contribution in [0.5, 0.6) is 0 Å². The van der Waals surface area contributed by atoms with Crippen LogP contribution < -0.4 is 5.32 Å². The number of hydrogen-bond acceptors (Lipinski definition) is 7. The molecule has 0 aromatic heterocycles. The SMILES string of the molecule is C=CCCC(=O)NC[C@H](C)OC(=O)[C@@H]1[C@@H]2CC[C@]3(O2)[C@H](C(=O)N(CC=C)C2CCCCC2)N([C@H](C)CO)C(=O)[C@@H]13. The van der Waals surface area contributed by atoms with E-state index < -0.39 is 47.7 Å². The van der Waals surface area contributed by atoms with E-state index in [2.05, 4.69) is 18.5 Å². The van der Waals surface area contributed by atoms with E-state index in [1.54, 1.807) is 26.0 Å². The minimum absolute atomic E-state index is 0.0537. The molecule has 3 saturated heterocycles. The van der Waals surface area contributed by atoms with Crippen molar-refractivity contribution in [2.45, 2.75) is 108 Å². The molecule has 10 heteroatoms. The molecule has 0 aromatic carbocycles. The molecule has 222 valence electrons. The van der Waals surface area contributed by atoms with Gasteiger partial charge in [0.05, 0.1) is 37.1 Å². The predicted molar refractivity (Wildman–Crippen MR) is 148 cm³/mol. The maximum absolute atomic E-state index is 14.4. The summed E-state index contributed by atoms with van der Waals surface area (Å²) in [6.45, 7) is 11.1. The number of aliphatic hydroxyl groups is 1. The fourth-order valence-electron chi connectivity index (χ4n) is 7.21. The first-order chi connectivity index (χ1) is 19.2. The number of nitrogens with one attached hydrogen (secondary N) is 1. The Bertz CT molecular complexity index is 996. The van der Waals surface area contributed by atoms with Crippen molar-refractivity contribution in [2.75, 3.05) is 19.7 Å². The third-order valence-corrected chi connectivity index (χ3v) is 9.09. The van der Waals surface area contributed by atoms with E-state index >= 15 is 0 Å². The monoisotopic (exact) mass is 559 g/mol. The molecule has 0 radical (unpaired) electrons. The quantitative estimate of drug-likeness (QED) is 0.262. The average molecular weight is 560 g/mol. The van der Waals surface area contributed by atoms with Gasteiger partial charge in [-0.1, -0.05) is 31.4 Å². The van der Waals surface area contributed by atoms with Gasteiger partial charge >= 0.3 is 5.97 Å². The highest BCUT2D eigenvalue weighted by molar-refractivity contribution is 5.98. The van der Waals surface area contributed by atoms with Crippen molar-refractivity contribution in [3.05, 3.63) is 25.3 Å². The minimum atomic E-state index is -1.15. The molecule has 7 atom stereocenters. The fourth-order valence-corrected chi connectivity index (χ4v) is 7.21. The number of rotatable bonds is 13. The zero-order valence-electron chi connectivity index (χ0n) is 23.9. The first-order valence-electron chi connectivity index (χ1n) is 14.8. The number of carbonyl (C=O) groups excluding carboxylic acids is 4. The number of allylic oxidation sites excluding steroid dienone is 1. The van der Waals surface area contributed by atoms with E-state index in [4.69, 9.17) is 9.47 Å². The maximum Gasteiger partial charge on any atom is 0.312 e. The van der Waals surface area contributed by atoms with Crippen molar-refractivity contribution >= 4 is 23.7 Å². The van der Waals surface area contributed by atoms with Gasteiger partial charge in [-0.25, -0.2) is 0 Å². The van der Waals surface area contributed by atoms with Crippen molar-refractivity contribution < 1.29 is 33.8 Å². The van der Waals surface area contributed by atoms with E-state index in [1.807, 2.05) is 4.90 Å². The van der Waals surface area contributed by atoms with Crippen LogP contribution in [0.15, 0.2) is 25.3 Å². The number of hydrogen-bond donors (Lipinski definition) is 2. The highest BCUT2D eigenvalue weighted by Gasteiger charge is 2.75. The van der Waals surface area contributed by atoms with Crippen LogP contribution in [-0.4, -0.2) is 94.2 Å². The summed E-state index contributed by atoms with van der Waals surface area (Å²) < 4.78 is 12.2. The third kappa shape index (κ3) is 5.57. The molecule has 10 nitrogen and oxygen atoms in total. The highest BCUT2D eigenvalue weighted by atomic mass is 16.6. The molecule has 0 unspecified atom stereocenters. The molecule has 4 rings (SSSR count). The Morgan fingerprint density at radius 1 is 1.20 bits per heavy atom. The lowest BCUT2D eigenvalue weighted by Gasteiger charge is -2.41. The van der Waals surface area contributed by atoms with Crippen LogP contribution in [0.25, 0.3) is 0 Å². The Balaban J connectivity index is 1.57. The van der Waals surface area contributed by atoms with E-state index in [-0.39, 0.29) is 36.9 Å². The van der Waals surface area contributed by atoms with Gasteiger partial charge in [0.2, 0.25) is 17.7 Å². The molecule has 4 aliphatic rings. The molecular formula is C30H45N3O7. The van der Waals surface area contributed by atoms with E-state index in [9.17, 15) is 24.3 Å². The number of likely N-dealkylation sites (tertiary alicyclic amines) is 1. The van der Waals surface area contributed by atoms with Crippen LogP contribution in [0.1, 0.15) is 71.6 Å². The van der Waals surface area contributed by atoms with Crippen molar-refractivity contribution in [3.63, 3.8) is 0 Å². The van der Waals surface area contributed by atoms with Crippen LogP contribution in [0, 0.1) is 11.8 Å². The third-order valence-electron chi connectivity index (χ3n) is 9.09. The first kappa shape index (κ1) is 30.2. The van der Waals surface area contributed by atoms with Crippen LogP contribution in [0.4, 0.5) is 0 Å². The van der Waals surface area contributed by atoms with E-state index in [0.29, 0.717) is 32.2 Å². The summed E-state index contributed by atoms with van der Waals surface area (Å²) in [4.78, 5) is 57.2. The second kappa shape index (κ2) is 12.9. The number of amides is 3. The fraction of sp³-hybridized carbons (Fsp3) is 0.733. The lowest BCUT2D eigenvalue weighted by atomic mass is 9.70. The van der Waals surface area contributed by atoms with Gasteiger partial charge in [-0.05, 0) is 46.0 Å². The number of esters is 1. The molecule has 0 aromatic rings. The summed E-state index contributed by atoms with van der Waals surface area (Å²) >= 11 is 0. The number of nitrogens with zero attached hydrogens (tertiary/aromatic N) is 2. The molecule has 2 N–H and O–H groups in total. The van der Waals surface area contributed by atoms with Crippen molar-refractivity contribution in [2.24, 2.45) is 11.8 Å². The summed E-state index contributed by atoms with van der Waals surface area (Å²) in [6, 6.07) is -1.50. The molecule has 3 amide bonds. The summed E-state index contributed by atoms with van der Waals surface area (Å²) in [5, 5.41) is 12.8. The van der Waals surface area contributed by atoms with Gasteiger partial charge in [0.1, 0.15) is 17.7 Å². The Morgan fingerprint density at radius 2 is 1.93 bits per heavy atom. The summed E-state index contributed by atoms with van der Waals surface area (Å²) in [5.74, 6) is -2.99. The molecule has 1 aliphatic carbocycles. The number of aliphatic hydroxyl groups excluding tert-OH is 1. The molecule has 1 spiro atoms. The maximum atomic E-state index is 14.4. The largest absolute Gasteiger partial charge is 0.460 e. The molecule has 4 fully saturated rings. The molecule has 3 aliphatic heterocycles. The second-order valence-electron chi connectivity index (χ2n) is 11.8. The lowest BCUT2D eigenvalue weighted by molar-refractivity contribution is -0.160. The van der Waals surface area contributed by atoms with Crippen molar-refractivity contribution in [1.29, 1.82) is 0 Å². The average Bonchev–Trinajstić information content (AvgIpc) is 3.60. The van der Waals surface area contributed by atoms with Crippen LogP contribution in [-0.2, 0) is 28.7 Å². The van der Waals surface area contributed by atoms with Gasteiger partial charge in [-0.2, -0.15) is 0 Å². The van der Waals surface area contributed by atoms with Crippen LogP contribution in [0.3, 0.4) is 0 Å². The molecule has 2 bridgehead atoms. The van der Waals surface area contributed by atoms with Crippen LogP contribution in [0.2, 0.25) is 0 Å². The van der Waals surface area contributed by atoms with Gasteiger partial charge in [-0.15, -0.1) is 13.2 Å². The smallest absolute Gasteiger partial charge is 0.312 e. The molecular weight excluding hydrogens is 514 g/mol. The summed E-state index contributed by atoms with van der Waals surface area (Å²) in [7, 11) is 0. The number of ether oxygens (including phenoxy) is 2. The Labute approximate surface area is 237 Å². The zero-order chi connectivity index (χ0) is 29.0. The number of fused-ring (bicyclic) bond motifs is 1. The molecule has 3 heterocycles. The number of carbonyl (C=O) groups is 4. The second-order valence-corrected chi connectivity index (χ2v) is 11.8. The normalized spacial score (nSPS) is 30.9. The van der Waals surface area contributed by atoms with Gasteiger partial charge in [0.15, 0.2) is 0 Å². The zero-order valence-corrected chi connectivity index (χ0v) is 23.9. The van der Waals surface area contributed by atoms with Crippen molar-refractivity contribution in [3.8, 4) is 0 Å². The summed E-state index contributed by atoms with van der Waals surface area (Å²) in [6.07, 6.45) is 9.13. The Morgan fingerprint density at radius 3 is 2.58 bits per heavy atom. The van der Waals surface area contributed by atoms with E-state index in [1.165, 1.54) is 4.90 Å². The topological polar surface area (TPSA) is 125 Å². The van der Waals surface area contributed by atoms with Gasteiger partial charge < -0.3 is 29.7 Å². The van der Waals surface area contributed by atoms with Gasteiger partial charge in [0.25, 0.3) is 0 Å². The lowest BCUT2D eigenvalue weighted by Crippen LogP contribution is -2.60. The van der Waals surface area contributed by atoms with Crippen LogP contribution >= 0.6 is 0 Å². The van der Waals surface area contributed by atoms with E-state index in [0.717, 1.165) is 32.1 Å². The molecule has 1 saturated carbocycles. The first-order valence-corrected chi connectivity index (χ1v) is 14.8. The Kier molecular flexibility index (Phi) is 9.72. The summed E-state index contributed by atoms with van der Waals surface area (Å²) in [5.41, 5.74) is -1.15. The predicted octanol–water partition coefficient (Wildman–Crippen LogP) is 2.10. The Hall–Kier alpha value is -2.72. The van der Waals surface area contributed by atoms with Crippen molar-refractivity contribution in [1.82, 2.24) is 15.1 Å². The molecule has 40 heavy (non-hydrogen) atoms. The standard InChI is InChI=1S/C30H45N3O7/c1-5-7-13-23(35)31-17-20(4)39-29(38)24-22-14-15-30(40-22)25(24)27(36)33(19(3)18-34)26(30)28(37)32(16-6-2)21-11-9-8-10-12-21/h5-6,19-22,24-26,34H,1-2,7-18H2,3-4H3,(H,31,35)/t19-,20+,22+,24-,25-,26+,30-/m1/s1. The highest BCUT2D eigenvalue weighted by Crippen LogP contribution is 2.59. The minimum Gasteiger partial charge on any atom is -0.460 e.